The minimum Gasteiger partial charge on any atom is -0.393 e. The Kier molecular flexibility index (Phi) is 4.77. The predicted molar refractivity (Wildman–Crippen MR) is 79.8 cm³/mol. The van der Waals surface area contributed by atoms with Crippen LogP contribution in [0, 0.1) is 12.3 Å². The van der Waals surface area contributed by atoms with Crippen LogP contribution in [0.1, 0.15) is 19.4 Å². The largest absolute Gasteiger partial charge is 0.393 e. The Morgan fingerprint density at radius 2 is 2.17 bits per heavy atom. The fourth-order valence-corrected chi connectivity index (χ4v) is 4.03. The van der Waals surface area contributed by atoms with Gasteiger partial charge in [0.15, 0.2) is 0 Å². The average molecular weight is 327 g/mol. The molecule has 1 aromatic heterocycles. The van der Waals surface area contributed by atoms with Crippen LogP contribution in [0.25, 0.3) is 0 Å². The van der Waals surface area contributed by atoms with Crippen molar-refractivity contribution in [3.05, 3.63) is 16.0 Å². The fourth-order valence-electron chi connectivity index (χ4n) is 0.998. The molecule has 0 fully saturated rings. The van der Waals surface area contributed by atoms with Gasteiger partial charge in [0.2, 0.25) is 10.0 Å². The lowest BCUT2D eigenvalue weighted by molar-refractivity contribution is 0.502. The van der Waals surface area contributed by atoms with Crippen molar-refractivity contribution >= 4 is 50.2 Å². The number of thiophene rings is 1. The molecule has 8 heteroatoms. The maximum absolute atomic E-state index is 12.0. The Balaban J connectivity index is 2.87. The second-order valence-corrected chi connectivity index (χ2v) is 8.68. The molecule has 0 unspecified atom stereocenters. The van der Waals surface area contributed by atoms with Crippen molar-refractivity contribution in [2.45, 2.75) is 25.0 Å². The van der Waals surface area contributed by atoms with Gasteiger partial charge in [-0.3, -0.25) is 0 Å². The topological polar surface area (TPSA) is 72.2 Å². The summed E-state index contributed by atoms with van der Waals surface area (Å²) in [6.45, 7) is 5.48. The summed E-state index contributed by atoms with van der Waals surface area (Å²) in [6.07, 6.45) is 0. The van der Waals surface area contributed by atoms with Crippen molar-refractivity contribution in [3.8, 4) is 0 Å². The molecule has 3 N–H and O–H groups in total. The molecule has 0 aliphatic rings. The quantitative estimate of drug-likeness (QED) is 0.814. The second kappa shape index (κ2) is 5.42. The first kappa shape index (κ1) is 15.8. The molecule has 0 amide bonds. The van der Waals surface area contributed by atoms with Crippen LogP contribution in [-0.2, 0) is 10.0 Å². The van der Waals surface area contributed by atoms with Gasteiger partial charge in [-0.1, -0.05) is 37.7 Å². The van der Waals surface area contributed by atoms with E-state index in [4.69, 9.17) is 29.6 Å². The molecular formula is C10H15ClN2O2S3. The summed E-state index contributed by atoms with van der Waals surface area (Å²) in [5.74, 6) is 0. The van der Waals surface area contributed by atoms with Crippen LogP contribution in [0.2, 0.25) is 4.34 Å². The monoisotopic (exact) mass is 326 g/mol. The van der Waals surface area contributed by atoms with Gasteiger partial charge >= 0.3 is 0 Å². The molecule has 4 nitrogen and oxygen atoms in total. The van der Waals surface area contributed by atoms with Gasteiger partial charge in [0.25, 0.3) is 0 Å². The van der Waals surface area contributed by atoms with Gasteiger partial charge in [0, 0.05) is 12.0 Å². The molecule has 0 spiro atoms. The van der Waals surface area contributed by atoms with Gasteiger partial charge in [-0.05, 0) is 18.6 Å². The number of nitrogens with one attached hydrogen (secondary N) is 1. The van der Waals surface area contributed by atoms with Crippen molar-refractivity contribution in [1.29, 1.82) is 0 Å². The summed E-state index contributed by atoms with van der Waals surface area (Å²) in [5.41, 5.74) is 5.72. The first-order valence-electron chi connectivity index (χ1n) is 5.12. The lowest BCUT2D eigenvalue weighted by Crippen LogP contribution is -2.41. The summed E-state index contributed by atoms with van der Waals surface area (Å²) in [6, 6.07) is 1.54. The van der Waals surface area contributed by atoms with Crippen LogP contribution < -0.4 is 10.5 Å². The number of halogens is 1. The third-order valence-corrected chi connectivity index (χ3v) is 6.45. The van der Waals surface area contributed by atoms with E-state index in [2.05, 4.69) is 4.72 Å². The summed E-state index contributed by atoms with van der Waals surface area (Å²) in [7, 11) is -3.56. The molecule has 0 bridgehead atoms. The summed E-state index contributed by atoms with van der Waals surface area (Å²) < 4.78 is 27.2. The van der Waals surface area contributed by atoms with Crippen molar-refractivity contribution < 1.29 is 8.42 Å². The SMILES string of the molecule is Cc1cc(S(=O)(=O)NCC(C)(C)C(N)=S)sc1Cl. The van der Waals surface area contributed by atoms with Gasteiger partial charge in [-0.15, -0.1) is 11.3 Å². The molecular weight excluding hydrogens is 312 g/mol. The van der Waals surface area contributed by atoms with Crippen LogP contribution in [0.5, 0.6) is 0 Å². The predicted octanol–water partition coefficient (Wildman–Crippen LogP) is 2.30. The number of hydrogen-bond acceptors (Lipinski definition) is 4. The first-order valence-corrected chi connectivity index (χ1v) is 8.20. The zero-order chi connectivity index (χ0) is 14.1. The molecule has 0 aliphatic carbocycles. The normalized spacial score (nSPS) is 12.7. The van der Waals surface area contributed by atoms with E-state index in [-0.39, 0.29) is 15.7 Å². The Morgan fingerprint density at radius 1 is 1.61 bits per heavy atom. The van der Waals surface area contributed by atoms with E-state index in [1.54, 1.807) is 26.8 Å². The van der Waals surface area contributed by atoms with E-state index in [9.17, 15) is 8.42 Å². The highest BCUT2D eigenvalue weighted by molar-refractivity contribution is 7.91. The minimum absolute atomic E-state index is 0.152. The molecule has 1 rings (SSSR count). The van der Waals surface area contributed by atoms with Gasteiger partial charge in [-0.25, -0.2) is 13.1 Å². The Bertz CT molecular complexity index is 544. The molecule has 1 heterocycles. The molecule has 0 saturated carbocycles. The van der Waals surface area contributed by atoms with Crippen molar-refractivity contribution in [3.63, 3.8) is 0 Å². The molecule has 0 aromatic carbocycles. The van der Waals surface area contributed by atoms with E-state index >= 15 is 0 Å². The highest BCUT2D eigenvalue weighted by Gasteiger charge is 2.26. The third-order valence-electron chi connectivity index (χ3n) is 2.47. The van der Waals surface area contributed by atoms with Gasteiger partial charge < -0.3 is 5.73 Å². The minimum atomic E-state index is -3.56. The van der Waals surface area contributed by atoms with Crippen LogP contribution in [0.3, 0.4) is 0 Å². The van der Waals surface area contributed by atoms with Crippen LogP contribution >= 0.6 is 35.2 Å². The third kappa shape index (κ3) is 3.64. The molecule has 0 aliphatic heterocycles. The number of sulfonamides is 1. The van der Waals surface area contributed by atoms with Crippen molar-refractivity contribution in [2.24, 2.45) is 11.1 Å². The maximum atomic E-state index is 12.0. The zero-order valence-corrected chi connectivity index (χ0v) is 13.5. The van der Waals surface area contributed by atoms with E-state index < -0.39 is 15.4 Å². The lowest BCUT2D eigenvalue weighted by atomic mass is 9.94. The fraction of sp³-hybridized carbons (Fsp3) is 0.500. The highest BCUT2D eigenvalue weighted by Crippen LogP contribution is 2.30. The lowest BCUT2D eigenvalue weighted by Gasteiger charge is -2.22. The molecule has 0 radical (unpaired) electrons. The second-order valence-electron chi connectivity index (χ2n) is 4.59. The Hall–Kier alpha value is -0.210. The Morgan fingerprint density at radius 3 is 2.56 bits per heavy atom. The highest BCUT2D eigenvalue weighted by atomic mass is 35.5. The van der Waals surface area contributed by atoms with E-state index in [1.807, 2.05) is 0 Å². The van der Waals surface area contributed by atoms with Gasteiger partial charge in [0.1, 0.15) is 4.21 Å². The summed E-state index contributed by atoms with van der Waals surface area (Å²) in [5, 5.41) is 0. The maximum Gasteiger partial charge on any atom is 0.250 e. The number of nitrogens with two attached hydrogens (primary N) is 1. The van der Waals surface area contributed by atoms with E-state index in [0.717, 1.165) is 16.9 Å². The van der Waals surface area contributed by atoms with Crippen molar-refractivity contribution in [2.75, 3.05) is 6.54 Å². The van der Waals surface area contributed by atoms with E-state index in [1.165, 1.54) is 0 Å². The first-order chi connectivity index (χ1) is 8.06. The molecule has 1 aromatic rings. The number of thiocarbonyl (C=S) groups is 1. The van der Waals surface area contributed by atoms with Crippen molar-refractivity contribution in [1.82, 2.24) is 4.72 Å². The zero-order valence-electron chi connectivity index (χ0n) is 10.3. The summed E-state index contributed by atoms with van der Waals surface area (Å²) >= 11 is 11.8. The Labute approximate surface area is 122 Å². The molecule has 0 atom stereocenters. The van der Waals surface area contributed by atoms with Crippen LogP contribution in [0.4, 0.5) is 0 Å². The number of aryl methyl sites for hydroxylation is 1. The molecule has 18 heavy (non-hydrogen) atoms. The average Bonchev–Trinajstić information content (AvgIpc) is 2.57. The van der Waals surface area contributed by atoms with Crippen LogP contribution in [-0.4, -0.2) is 20.0 Å². The number of rotatable bonds is 5. The number of hydrogen-bond donors (Lipinski definition) is 2. The van der Waals surface area contributed by atoms with E-state index in [0.29, 0.717) is 4.34 Å². The molecule has 0 saturated heterocycles. The smallest absolute Gasteiger partial charge is 0.250 e. The molecule has 102 valence electrons. The van der Waals surface area contributed by atoms with Gasteiger partial charge in [-0.2, -0.15) is 0 Å². The van der Waals surface area contributed by atoms with Crippen LogP contribution in [0.15, 0.2) is 10.3 Å². The summed E-state index contributed by atoms with van der Waals surface area (Å²) in [4.78, 5) is 0.269. The van der Waals surface area contributed by atoms with Gasteiger partial charge in [0.05, 0.1) is 9.32 Å². The standard InChI is InChI=1S/C10H15ClN2O2S3/c1-6-4-7(17-8(6)11)18(14,15)13-5-10(2,3)9(12)16/h4,13H,5H2,1-3H3,(H2,12,16).